The largest absolute Gasteiger partial charge is 0.416 e. The molecule has 1 aromatic heterocycles. The van der Waals surface area contributed by atoms with Crippen LogP contribution in [0.4, 0.5) is 13.2 Å². The smallest absolute Gasteiger partial charge is 0.355 e. The zero-order chi connectivity index (χ0) is 23.8. The van der Waals surface area contributed by atoms with Crippen molar-refractivity contribution in [3.05, 3.63) is 57.8 Å². The summed E-state index contributed by atoms with van der Waals surface area (Å²) in [5.41, 5.74) is -0.526. The number of nitrogens with zero attached hydrogens (tertiary/aromatic N) is 3. The summed E-state index contributed by atoms with van der Waals surface area (Å²) in [6.45, 7) is 0.953. The summed E-state index contributed by atoms with van der Waals surface area (Å²) in [5.74, 6) is 0.0817. The van der Waals surface area contributed by atoms with Crippen LogP contribution in [0.25, 0.3) is 0 Å². The van der Waals surface area contributed by atoms with Gasteiger partial charge in [0.15, 0.2) is 6.19 Å². The number of nitriles is 1. The Kier molecular flexibility index (Phi) is 8.06. The molecule has 1 saturated heterocycles. The second kappa shape index (κ2) is 11.0. The molecule has 3 N–H and O–H groups in total. The lowest BCUT2D eigenvalue weighted by atomic mass is 10.0. The van der Waals surface area contributed by atoms with Gasteiger partial charge in [-0.2, -0.15) is 18.4 Å². The van der Waals surface area contributed by atoms with Crippen molar-refractivity contribution >= 4 is 28.9 Å². The first-order chi connectivity index (χ1) is 15.8. The molecule has 0 spiro atoms. The number of benzene rings is 1. The molecule has 1 aromatic carbocycles. The van der Waals surface area contributed by atoms with Crippen molar-refractivity contribution in [2.45, 2.75) is 31.5 Å². The SMILES string of the molecule is N#CNC(=NCC(C(=N)c1ccc(C(F)(F)F)cc1)N1CCCC1=O)NCCc1cccs1. The van der Waals surface area contributed by atoms with E-state index in [1.165, 1.54) is 21.9 Å². The van der Waals surface area contributed by atoms with E-state index in [0.29, 0.717) is 25.9 Å². The van der Waals surface area contributed by atoms with Gasteiger partial charge in [0.2, 0.25) is 11.9 Å². The Morgan fingerprint density at radius 2 is 2.06 bits per heavy atom. The van der Waals surface area contributed by atoms with Gasteiger partial charge in [0.25, 0.3) is 0 Å². The molecule has 1 aliphatic rings. The lowest BCUT2D eigenvalue weighted by molar-refractivity contribution is -0.137. The second-order valence-corrected chi connectivity index (χ2v) is 8.41. The average Bonchev–Trinajstić information content (AvgIpc) is 3.45. The molecule has 2 aromatic rings. The van der Waals surface area contributed by atoms with Crippen LogP contribution in [0.1, 0.15) is 28.8 Å². The molecule has 1 atom stereocenters. The number of alkyl halides is 3. The molecule has 3 rings (SSSR count). The summed E-state index contributed by atoms with van der Waals surface area (Å²) in [4.78, 5) is 19.4. The molecule has 0 bridgehead atoms. The zero-order valence-electron chi connectivity index (χ0n) is 17.7. The Labute approximate surface area is 193 Å². The predicted molar refractivity (Wildman–Crippen MR) is 120 cm³/mol. The van der Waals surface area contributed by atoms with Crippen molar-refractivity contribution in [2.75, 3.05) is 19.6 Å². The number of aliphatic imine (C=N–C) groups is 1. The molecule has 0 radical (unpaired) electrons. The molecular formula is C22H23F3N6OS. The van der Waals surface area contributed by atoms with Gasteiger partial charge in [0.05, 0.1) is 23.9 Å². The van der Waals surface area contributed by atoms with E-state index >= 15 is 0 Å². The number of carbonyl (C=O) groups is 1. The van der Waals surface area contributed by atoms with E-state index in [1.807, 2.05) is 23.7 Å². The van der Waals surface area contributed by atoms with E-state index in [9.17, 15) is 18.0 Å². The normalized spacial score (nSPS) is 15.3. The maximum atomic E-state index is 12.9. The van der Waals surface area contributed by atoms with E-state index in [4.69, 9.17) is 10.7 Å². The molecule has 1 fully saturated rings. The molecule has 1 aliphatic heterocycles. The highest BCUT2D eigenvalue weighted by Gasteiger charge is 2.33. The van der Waals surface area contributed by atoms with Gasteiger partial charge in [-0.25, -0.2) is 4.99 Å². The monoisotopic (exact) mass is 476 g/mol. The Balaban J connectivity index is 1.75. The highest BCUT2D eigenvalue weighted by atomic mass is 32.1. The fourth-order valence-corrected chi connectivity index (χ4v) is 4.21. The third-order valence-corrected chi connectivity index (χ3v) is 6.12. The van der Waals surface area contributed by atoms with Crippen molar-refractivity contribution in [1.82, 2.24) is 15.5 Å². The molecule has 1 unspecified atom stereocenters. The zero-order valence-corrected chi connectivity index (χ0v) is 18.5. The van der Waals surface area contributed by atoms with Crippen LogP contribution in [-0.4, -0.2) is 48.2 Å². The number of nitrogens with one attached hydrogen (secondary N) is 3. The quantitative estimate of drug-likeness (QED) is 0.235. The van der Waals surface area contributed by atoms with Gasteiger partial charge in [0, 0.05) is 24.4 Å². The van der Waals surface area contributed by atoms with Crippen LogP contribution in [0.2, 0.25) is 0 Å². The van der Waals surface area contributed by atoms with Crippen molar-refractivity contribution < 1.29 is 18.0 Å². The van der Waals surface area contributed by atoms with Crippen LogP contribution in [0.5, 0.6) is 0 Å². The van der Waals surface area contributed by atoms with Gasteiger partial charge in [0.1, 0.15) is 0 Å². The minimum absolute atomic E-state index is 0.00221. The van der Waals surface area contributed by atoms with Crippen LogP contribution in [0.3, 0.4) is 0 Å². The van der Waals surface area contributed by atoms with E-state index in [2.05, 4.69) is 15.6 Å². The molecule has 1 amide bonds. The first-order valence-electron chi connectivity index (χ1n) is 10.3. The van der Waals surface area contributed by atoms with Gasteiger partial charge in [-0.3, -0.25) is 10.1 Å². The van der Waals surface area contributed by atoms with E-state index < -0.39 is 17.8 Å². The van der Waals surface area contributed by atoms with E-state index in [-0.39, 0.29) is 29.7 Å². The summed E-state index contributed by atoms with van der Waals surface area (Å²) in [6, 6.07) is 7.50. The number of hydrogen-bond donors (Lipinski definition) is 3. The van der Waals surface area contributed by atoms with Crippen molar-refractivity contribution in [2.24, 2.45) is 4.99 Å². The first kappa shape index (κ1) is 24.3. The Morgan fingerprint density at radius 1 is 1.30 bits per heavy atom. The third-order valence-electron chi connectivity index (χ3n) is 5.18. The van der Waals surface area contributed by atoms with E-state index in [0.717, 1.165) is 18.6 Å². The number of halogens is 3. The Bertz CT molecular complexity index is 1030. The number of guanidine groups is 1. The van der Waals surface area contributed by atoms with Crippen LogP contribution in [0.15, 0.2) is 46.8 Å². The first-order valence-corrected chi connectivity index (χ1v) is 11.2. The van der Waals surface area contributed by atoms with Crippen LogP contribution in [0, 0.1) is 16.9 Å². The van der Waals surface area contributed by atoms with E-state index in [1.54, 1.807) is 11.3 Å². The highest BCUT2D eigenvalue weighted by Crippen LogP contribution is 2.29. The highest BCUT2D eigenvalue weighted by molar-refractivity contribution is 7.09. The Morgan fingerprint density at radius 3 is 2.64 bits per heavy atom. The summed E-state index contributed by atoms with van der Waals surface area (Å²) in [5, 5.41) is 25.1. The fraction of sp³-hybridized carbons (Fsp3) is 0.364. The molecule has 0 aliphatic carbocycles. The van der Waals surface area contributed by atoms with Crippen LogP contribution < -0.4 is 10.6 Å². The Hall–Kier alpha value is -3.39. The van der Waals surface area contributed by atoms with Gasteiger partial charge >= 0.3 is 6.18 Å². The standard InChI is InChI=1S/C22H23F3N6OS/c23-22(24,25)16-7-5-15(6-8-16)20(27)18(31-11-1-4-19(31)32)13-29-21(30-14-26)28-10-9-17-3-2-12-33-17/h2-3,5-8,12,18,27H,1,4,9-11,13H2,(H2,28,29,30). The average molecular weight is 477 g/mol. The fourth-order valence-electron chi connectivity index (χ4n) is 3.50. The summed E-state index contributed by atoms with van der Waals surface area (Å²) >= 11 is 1.62. The number of likely N-dealkylation sites (tertiary alicyclic amines) is 1. The maximum absolute atomic E-state index is 12.9. The summed E-state index contributed by atoms with van der Waals surface area (Å²) in [7, 11) is 0. The minimum atomic E-state index is -4.47. The molecule has 33 heavy (non-hydrogen) atoms. The van der Waals surface area contributed by atoms with Crippen molar-refractivity contribution in [1.29, 1.82) is 10.7 Å². The number of rotatable bonds is 8. The van der Waals surface area contributed by atoms with Crippen LogP contribution in [-0.2, 0) is 17.4 Å². The predicted octanol–water partition coefficient (Wildman–Crippen LogP) is 3.38. The molecule has 2 heterocycles. The molecule has 174 valence electrons. The summed E-state index contributed by atoms with van der Waals surface area (Å²) < 4.78 is 38.7. The van der Waals surface area contributed by atoms with Crippen molar-refractivity contribution in [3.63, 3.8) is 0 Å². The maximum Gasteiger partial charge on any atom is 0.416 e. The van der Waals surface area contributed by atoms with Gasteiger partial charge in [-0.15, -0.1) is 11.3 Å². The second-order valence-electron chi connectivity index (χ2n) is 7.38. The lowest BCUT2D eigenvalue weighted by Gasteiger charge is -2.27. The molecule has 0 saturated carbocycles. The number of hydrogen-bond acceptors (Lipinski definition) is 5. The summed E-state index contributed by atoms with van der Waals surface area (Å²) in [6.07, 6.45) is -0.931. The van der Waals surface area contributed by atoms with Gasteiger partial charge < -0.3 is 15.6 Å². The minimum Gasteiger partial charge on any atom is -0.355 e. The van der Waals surface area contributed by atoms with Crippen LogP contribution >= 0.6 is 11.3 Å². The van der Waals surface area contributed by atoms with Gasteiger partial charge in [-0.1, -0.05) is 18.2 Å². The number of amides is 1. The molecule has 11 heteroatoms. The number of carbonyl (C=O) groups excluding carboxylic acids is 1. The number of thiophene rings is 1. The molecule has 7 nitrogen and oxygen atoms in total. The van der Waals surface area contributed by atoms with Gasteiger partial charge in [-0.05, 0) is 42.0 Å². The lowest BCUT2D eigenvalue weighted by Crippen LogP contribution is -2.45. The topological polar surface area (TPSA) is 104 Å². The molecular weight excluding hydrogens is 453 g/mol. The van der Waals surface area contributed by atoms with Crippen molar-refractivity contribution in [3.8, 4) is 6.19 Å². The third kappa shape index (κ3) is 6.55.